The molecule has 21 heavy (non-hydrogen) atoms. The Labute approximate surface area is 125 Å². The third-order valence-electron chi connectivity index (χ3n) is 3.15. The van der Waals surface area contributed by atoms with Crippen molar-refractivity contribution < 1.29 is 34.8 Å². The highest BCUT2D eigenvalue weighted by Crippen LogP contribution is 2.22. The van der Waals surface area contributed by atoms with E-state index in [9.17, 15) is 24.9 Å². The summed E-state index contributed by atoms with van der Waals surface area (Å²) in [6.45, 7) is 0. The van der Waals surface area contributed by atoms with Crippen molar-refractivity contribution in [1.82, 2.24) is 10.6 Å². The van der Waals surface area contributed by atoms with Gasteiger partial charge in [0.2, 0.25) is 5.91 Å². The lowest BCUT2D eigenvalue weighted by Gasteiger charge is -2.25. The molecule has 0 aromatic heterocycles. The summed E-state index contributed by atoms with van der Waals surface area (Å²) in [5, 5.41) is 42.4. The SMILES string of the molecule is CN[C@@H](C(=O)N[C@@H](CSC)C(=O)O)C1O[C@H](O)[C@H](O)[C@H]1O. The molecule has 1 fully saturated rings. The molecule has 9 nitrogen and oxygen atoms in total. The first kappa shape index (κ1) is 18.1. The van der Waals surface area contributed by atoms with Gasteiger partial charge >= 0.3 is 5.97 Å². The molecular formula is C11H20N2O7S. The molecule has 1 rings (SSSR count). The van der Waals surface area contributed by atoms with Crippen LogP contribution in [0.1, 0.15) is 0 Å². The first-order valence-corrected chi connectivity index (χ1v) is 7.61. The second kappa shape index (κ2) is 7.92. The van der Waals surface area contributed by atoms with Crippen molar-refractivity contribution in [2.75, 3.05) is 19.1 Å². The fourth-order valence-electron chi connectivity index (χ4n) is 2.01. The van der Waals surface area contributed by atoms with Gasteiger partial charge in [-0.05, 0) is 13.3 Å². The number of aliphatic hydroxyl groups excluding tert-OH is 3. The van der Waals surface area contributed by atoms with Crippen LogP contribution in [-0.2, 0) is 14.3 Å². The Kier molecular flexibility index (Phi) is 6.84. The van der Waals surface area contributed by atoms with E-state index in [4.69, 9.17) is 9.84 Å². The summed E-state index contributed by atoms with van der Waals surface area (Å²) in [7, 11) is 1.42. The van der Waals surface area contributed by atoms with Crippen LogP contribution >= 0.6 is 11.8 Å². The van der Waals surface area contributed by atoms with E-state index in [0.717, 1.165) is 0 Å². The molecule has 1 amide bonds. The average molecular weight is 324 g/mol. The molecule has 10 heteroatoms. The van der Waals surface area contributed by atoms with Gasteiger partial charge in [-0.1, -0.05) is 0 Å². The van der Waals surface area contributed by atoms with Crippen molar-refractivity contribution in [2.45, 2.75) is 36.7 Å². The maximum absolute atomic E-state index is 12.1. The van der Waals surface area contributed by atoms with Gasteiger partial charge in [-0.15, -0.1) is 0 Å². The smallest absolute Gasteiger partial charge is 0.327 e. The van der Waals surface area contributed by atoms with Gasteiger partial charge in [0.25, 0.3) is 0 Å². The van der Waals surface area contributed by atoms with Gasteiger partial charge in [-0.25, -0.2) is 4.79 Å². The predicted molar refractivity (Wildman–Crippen MR) is 73.7 cm³/mol. The number of aliphatic carboxylic acids is 1. The number of ether oxygens (including phenoxy) is 1. The molecule has 6 N–H and O–H groups in total. The summed E-state index contributed by atoms with van der Waals surface area (Å²) in [6, 6.07) is -2.20. The van der Waals surface area contributed by atoms with Crippen LogP contribution in [0.3, 0.4) is 0 Å². The van der Waals surface area contributed by atoms with E-state index in [1.165, 1.54) is 18.8 Å². The zero-order valence-electron chi connectivity index (χ0n) is 11.6. The average Bonchev–Trinajstić information content (AvgIpc) is 2.67. The van der Waals surface area contributed by atoms with Crippen LogP contribution in [0.15, 0.2) is 0 Å². The molecule has 0 aliphatic carbocycles. The van der Waals surface area contributed by atoms with Crippen molar-refractivity contribution in [2.24, 2.45) is 0 Å². The van der Waals surface area contributed by atoms with Crippen molar-refractivity contribution in [3.8, 4) is 0 Å². The van der Waals surface area contributed by atoms with E-state index in [0.29, 0.717) is 0 Å². The number of rotatable bonds is 7. The van der Waals surface area contributed by atoms with Crippen molar-refractivity contribution in [3.05, 3.63) is 0 Å². The van der Waals surface area contributed by atoms with Gasteiger partial charge in [0.1, 0.15) is 30.4 Å². The summed E-state index contributed by atoms with van der Waals surface area (Å²) in [6.07, 6.45) is -4.08. The van der Waals surface area contributed by atoms with Gasteiger partial charge in [-0.3, -0.25) is 4.79 Å². The molecule has 6 atom stereocenters. The second-order valence-corrected chi connectivity index (χ2v) is 5.50. The number of thioether (sulfide) groups is 1. The van der Waals surface area contributed by atoms with Gasteiger partial charge < -0.3 is 35.8 Å². The fraction of sp³-hybridized carbons (Fsp3) is 0.818. The summed E-state index contributed by atoms with van der Waals surface area (Å²) >= 11 is 1.26. The topological polar surface area (TPSA) is 148 Å². The highest BCUT2D eigenvalue weighted by atomic mass is 32.2. The molecule has 0 aromatic carbocycles. The minimum absolute atomic E-state index is 0.177. The van der Waals surface area contributed by atoms with Gasteiger partial charge in [0.05, 0.1) is 0 Å². The van der Waals surface area contributed by atoms with Gasteiger partial charge in [0.15, 0.2) is 6.29 Å². The summed E-state index contributed by atoms with van der Waals surface area (Å²) < 4.78 is 4.94. The lowest BCUT2D eigenvalue weighted by atomic mass is 10.0. The number of carbonyl (C=O) groups is 2. The maximum Gasteiger partial charge on any atom is 0.327 e. The first-order chi connectivity index (χ1) is 9.83. The third-order valence-corrected chi connectivity index (χ3v) is 3.81. The second-order valence-electron chi connectivity index (χ2n) is 4.59. The molecule has 0 aromatic rings. The Bertz CT molecular complexity index is 384. The Balaban J connectivity index is 2.75. The van der Waals surface area contributed by atoms with E-state index in [-0.39, 0.29) is 5.75 Å². The Morgan fingerprint density at radius 2 is 1.90 bits per heavy atom. The zero-order chi connectivity index (χ0) is 16.2. The number of likely N-dealkylation sites (N-methyl/N-ethyl adjacent to an activating group) is 1. The first-order valence-electron chi connectivity index (χ1n) is 6.22. The quantitative estimate of drug-likeness (QED) is 0.287. The number of carbonyl (C=O) groups excluding carboxylic acids is 1. The summed E-state index contributed by atoms with van der Waals surface area (Å²) in [5.74, 6) is -1.71. The van der Waals surface area contributed by atoms with E-state index >= 15 is 0 Å². The maximum atomic E-state index is 12.1. The minimum atomic E-state index is -1.60. The monoisotopic (exact) mass is 324 g/mol. The fourth-order valence-corrected chi connectivity index (χ4v) is 2.57. The van der Waals surface area contributed by atoms with Crippen LogP contribution in [0, 0.1) is 0 Å². The normalized spacial score (nSPS) is 31.7. The van der Waals surface area contributed by atoms with Crippen LogP contribution in [-0.4, -0.2) is 88.0 Å². The van der Waals surface area contributed by atoms with E-state index < -0.39 is 48.6 Å². The number of nitrogens with one attached hydrogen (secondary N) is 2. The minimum Gasteiger partial charge on any atom is -0.480 e. The summed E-state index contributed by atoms with van der Waals surface area (Å²) in [4.78, 5) is 23.1. The number of carboxylic acids is 1. The molecule has 1 aliphatic rings. The van der Waals surface area contributed by atoms with Crippen molar-refractivity contribution >= 4 is 23.6 Å². The van der Waals surface area contributed by atoms with E-state index in [1.54, 1.807) is 6.26 Å². The van der Waals surface area contributed by atoms with E-state index in [1.807, 2.05) is 0 Å². The molecule has 122 valence electrons. The molecule has 1 heterocycles. The molecule has 1 saturated heterocycles. The van der Waals surface area contributed by atoms with Gasteiger partial charge in [-0.2, -0.15) is 11.8 Å². The standard InChI is InChI=1S/C11H20N2O7S/c1-12-5(8-6(14)7(15)11(19)20-8)9(16)13-4(3-21-2)10(17)18/h4-8,11-12,14-15,19H,3H2,1-2H3,(H,13,16)(H,17,18)/t4-,5+,6+,7+,8?,11-/m0/s1. The Morgan fingerprint density at radius 3 is 2.29 bits per heavy atom. The molecule has 1 unspecified atom stereocenters. The Hall–Kier alpha value is -0.910. The van der Waals surface area contributed by atoms with Crippen LogP contribution in [0.5, 0.6) is 0 Å². The predicted octanol–water partition coefficient (Wildman–Crippen LogP) is -3.05. The molecule has 0 saturated carbocycles. The van der Waals surface area contributed by atoms with Crippen molar-refractivity contribution in [1.29, 1.82) is 0 Å². The number of carboxylic acid groups (broad SMARTS) is 1. The van der Waals surface area contributed by atoms with Crippen LogP contribution in [0.2, 0.25) is 0 Å². The lowest BCUT2D eigenvalue weighted by Crippen LogP contribution is -2.57. The molecule has 0 spiro atoms. The number of hydrogen-bond donors (Lipinski definition) is 6. The highest BCUT2D eigenvalue weighted by Gasteiger charge is 2.47. The number of hydrogen-bond acceptors (Lipinski definition) is 8. The van der Waals surface area contributed by atoms with Crippen LogP contribution in [0.25, 0.3) is 0 Å². The van der Waals surface area contributed by atoms with Crippen LogP contribution in [0.4, 0.5) is 0 Å². The third kappa shape index (κ3) is 4.28. The van der Waals surface area contributed by atoms with E-state index in [2.05, 4.69) is 10.6 Å². The highest BCUT2D eigenvalue weighted by molar-refractivity contribution is 7.98. The molecule has 0 radical (unpaired) electrons. The molecule has 1 aliphatic heterocycles. The van der Waals surface area contributed by atoms with Gasteiger partial charge in [0, 0.05) is 5.75 Å². The van der Waals surface area contributed by atoms with Crippen LogP contribution < -0.4 is 10.6 Å². The molecular weight excluding hydrogens is 304 g/mol. The van der Waals surface area contributed by atoms with Crippen molar-refractivity contribution in [3.63, 3.8) is 0 Å². The number of aliphatic hydroxyl groups is 3. The largest absolute Gasteiger partial charge is 0.480 e. The number of amides is 1. The Morgan fingerprint density at radius 1 is 1.29 bits per heavy atom. The lowest BCUT2D eigenvalue weighted by molar-refractivity contribution is -0.147. The summed E-state index contributed by atoms with van der Waals surface area (Å²) in [5.41, 5.74) is 0. The zero-order valence-corrected chi connectivity index (χ0v) is 12.4. The molecule has 0 bridgehead atoms.